The molecule has 2 aromatic rings. The normalized spacial score (nSPS) is 13.0. The van der Waals surface area contributed by atoms with Crippen LogP contribution in [0, 0.1) is 11.6 Å². The molecule has 132 valence electrons. The van der Waals surface area contributed by atoms with Crippen molar-refractivity contribution in [3.05, 3.63) is 71.3 Å². The molecule has 7 heteroatoms. The molecule has 0 aromatic heterocycles. The molecule has 0 spiro atoms. The molecule has 0 fully saturated rings. The average molecular weight is 348 g/mol. The van der Waals surface area contributed by atoms with Crippen molar-refractivity contribution in [3.63, 3.8) is 0 Å². The van der Waals surface area contributed by atoms with E-state index in [1.165, 1.54) is 0 Å². The van der Waals surface area contributed by atoms with Gasteiger partial charge >= 0.3 is 0 Å². The van der Waals surface area contributed by atoms with Crippen molar-refractivity contribution >= 4 is 11.8 Å². The number of rotatable bonds is 6. The summed E-state index contributed by atoms with van der Waals surface area (Å²) in [6.45, 7) is 1.09. The molecule has 0 saturated heterocycles. The molecule has 0 aliphatic heterocycles. The van der Waals surface area contributed by atoms with E-state index in [0.29, 0.717) is 11.6 Å². The number of halogens is 2. The summed E-state index contributed by atoms with van der Waals surface area (Å²) in [4.78, 5) is 23.6. The minimum Gasteiger partial charge on any atom is -0.384 e. The third kappa shape index (κ3) is 5.09. The molecule has 1 unspecified atom stereocenters. The Morgan fingerprint density at radius 3 is 2.40 bits per heavy atom. The van der Waals surface area contributed by atoms with E-state index in [2.05, 4.69) is 10.6 Å². The topological polar surface area (TPSA) is 78.4 Å². The van der Waals surface area contributed by atoms with Crippen molar-refractivity contribution in [2.75, 3.05) is 13.1 Å². The van der Waals surface area contributed by atoms with Crippen LogP contribution in [0.25, 0.3) is 0 Å². The molecule has 25 heavy (non-hydrogen) atoms. The fourth-order valence-corrected chi connectivity index (χ4v) is 2.16. The monoisotopic (exact) mass is 348 g/mol. The Balaban J connectivity index is 1.85. The van der Waals surface area contributed by atoms with Crippen LogP contribution in [0.4, 0.5) is 8.78 Å². The Morgan fingerprint density at radius 2 is 1.76 bits per heavy atom. The maximum absolute atomic E-state index is 13.5. The molecular formula is C18H18F2N2O3. The quantitative estimate of drug-likeness (QED) is 0.744. The molecule has 1 atom stereocenters. The van der Waals surface area contributed by atoms with Crippen molar-refractivity contribution in [1.29, 1.82) is 0 Å². The highest BCUT2D eigenvalue weighted by Crippen LogP contribution is 2.18. The van der Waals surface area contributed by atoms with E-state index in [-0.39, 0.29) is 12.1 Å². The van der Waals surface area contributed by atoms with E-state index in [1.54, 1.807) is 31.2 Å². The largest absolute Gasteiger partial charge is 0.384 e. The smallest absolute Gasteiger partial charge is 0.254 e. The van der Waals surface area contributed by atoms with Crippen LogP contribution in [0.5, 0.6) is 0 Å². The van der Waals surface area contributed by atoms with Crippen molar-refractivity contribution in [3.8, 4) is 0 Å². The van der Waals surface area contributed by atoms with Gasteiger partial charge in [0.25, 0.3) is 5.91 Å². The maximum Gasteiger partial charge on any atom is 0.254 e. The van der Waals surface area contributed by atoms with E-state index < -0.39 is 35.6 Å². The number of benzene rings is 2. The first-order valence-electron chi connectivity index (χ1n) is 7.57. The summed E-state index contributed by atoms with van der Waals surface area (Å²) in [6.07, 6.45) is 0. The molecular weight excluding hydrogens is 330 g/mol. The van der Waals surface area contributed by atoms with Crippen LogP contribution < -0.4 is 10.6 Å². The highest BCUT2D eigenvalue weighted by atomic mass is 19.1. The van der Waals surface area contributed by atoms with Crippen molar-refractivity contribution < 1.29 is 23.5 Å². The first-order chi connectivity index (χ1) is 11.8. The third-order valence-electron chi connectivity index (χ3n) is 3.61. The second-order valence-electron chi connectivity index (χ2n) is 5.72. The van der Waals surface area contributed by atoms with Gasteiger partial charge in [-0.15, -0.1) is 0 Å². The van der Waals surface area contributed by atoms with E-state index >= 15 is 0 Å². The average Bonchev–Trinajstić information content (AvgIpc) is 2.58. The number of carbonyl (C=O) groups is 2. The molecule has 0 heterocycles. The number of hydrogen-bond acceptors (Lipinski definition) is 3. The van der Waals surface area contributed by atoms with Crippen LogP contribution in [0.3, 0.4) is 0 Å². The number of amides is 2. The Hall–Kier alpha value is -2.80. The minimum atomic E-state index is -1.27. The van der Waals surface area contributed by atoms with Gasteiger partial charge in [-0.25, -0.2) is 8.78 Å². The molecule has 2 amide bonds. The number of carbonyl (C=O) groups excluding carboxylic acids is 2. The van der Waals surface area contributed by atoms with Crippen LogP contribution in [0.15, 0.2) is 48.5 Å². The maximum atomic E-state index is 13.5. The van der Waals surface area contributed by atoms with Gasteiger partial charge in [0.05, 0.1) is 18.7 Å². The Kier molecular flexibility index (Phi) is 5.82. The van der Waals surface area contributed by atoms with Gasteiger partial charge in [-0.1, -0.05) is 30.3 Å². The van der Waals surface area contributed by atoms with Crippen LogP contribution in [0.2, 0.25) is 0 Å². The van der Waals surface area contributed by atoms with Gasteiger partial charge in [0, 0.05) is 6.07 Å². The Morgan fingerprint density at radius 1 is 1.08 bits per heavy atom. The number of hydrogen-bond donors (Lipinski definition) is 3. The predicted octanol–water partition coefficient (Wildman–Crippen LogP) is 1.72. The van der Waals surface area contributed by atoms with Crippen LogP contribution in [-0.4, -0.2) is 30.0 Å². The van der Waals surface area contributed by atoms with Gasteiger partial charge in [-0.05, 0) is 24.6 Å². The second-order valence-corrected chi connectivity index (χ2v) is 5.72. The molecule has 0 aliphatic carbocycles. The summed E-state index contributed by atoms with van der Waals surface area (Å²) in [6, 6.07) is 11.3. The summed E-state index contributed by atoms with van der Waals surface area (Å²) in [5, 5.41) is 15.1. The van der Waals surface area contributed by atoms with Crippen LogP contribution >= 0.6 is 0 Å². The van der Waals surface area contributed by atoms with Crippen molar-refractivity contribution in [2.45, 2.75) is 12.5 Å². The molecule has 0 aliphatic rings. The van der Waals surface area contributed by atoms with Crippen molar-refractivity contribution in [2.24, 2.45) is 0 Å². The van der Waals surface area contributed by atoms with Gasteiger partial charge in [-0.3, -0.25) is 9.59 Å². The minimum absolute atomic E-state index is 0.0589. The van der Waals surface area contributed by atoms with Gasteiger partial charge in [0.2, 0.25) is 5.91 Å². The first kappa shape index (κ1) is 18.5. The highest BCUT2D eigenvalue weighted by Gasteiger charge is 2.23. The SMILES string of the molecule is CC(O)(CNC(=O)CNC(=O)c1ccc(F)cc1F)c1ccccc1. The zero-order valence-corrected chi connectivity index (χ0v) is 13.6. The Bertz CT molecular complexity index is 764. The summed E-state index contributed by atoms with van der Waals surface area (Å²) in [7, 11) is 0. The van der Waals surface area contributed by atoms with E-state index in [9.17, 15) is 23.5 Å². The summed E-state index contributed by atoms with van der Waals surface area (Å²) >= 11 is 0. The number of aliphatic hydroxyl groups is 1. The lowest BCUT2D eigenvalue weighted by Crippen LogP contribution is -2.43. The molecule has 2 aromatic carbocycles. The highest BCUT2D eigenvalue weighted by molar-refractivity contribution is 5.96. The van der Waals surface area contributed by atoms with Crippen LogP contribution in [-0.2, 0) is 10.4 Å². The zero-order chi connectivity index (χ0) is 18.4. The summed E-state index contributed by atoms with van der Waals surface area (Å²) in [5.74, 6) is -3.19. The molecule has 5 nitrogen and oxygen atoms in total. The fraction of sp³-hybridized carbons (Fsp3) is 0.222. The molecule has 0 bridgehead atoms. The van der Waals surface area contributed by atoms with Crippen LogP contribution in [0.1, 0.15) is 22.8 Å². The van der Waals surface area contributed by atoms with Gasteiger partial charge in [-0.2, -0.15) is 0 Å². The van der Waals surface area contributed by atoms with Gasteiger partial charge in [0.1, 0.15) is 17.2 Å². The molecule has 0 radical (unpaired) electrons. The number of nitrogens with one attached hydrogen (secondary N) is 2. The van der Waals surface area contributed by atoms with Gasteiger partial charge in [0.15, 0.2) is 0 Å². The van der Waals surface area contributed by atoms with E-state index in [4.69, 9.17) is 0 Å². The van der Waals surface area contributed by atoms with Gasteiger partial charge < -0.3 is 15.7 Å². The lowest BCUT2D eigenvalue weighted by atomic mass is 9.96. The standard InChI is InChI=1S/C18H18F2N2O3/c1-18(25,12-5-3-2-4-6-12)11-22-16(23)10-21-17(24)14-8-7-13(19)9-15(14)20/h2-9,25H,10-11H2,1H3,(H,21,24)(H,22,23). The zero-order valence-electron chi connectivity index (χ0n) is 13.6. The Labute approximate surface area is 143 Å². The van der Waals surface area contributed by atoms with E-state index in [1.807, 2.05) is 6.07 Å². The molecule has 0 saturated carbocycles. The molecule has 3 N–H and O–H groups in total. The first-order valence-corrected chi connectivity index (χ1v) is 7.57. The van der Waals surface area contributed by atoms with E-state index in [0.717, 1.165) is 12.1 Å². The third-order valence-corrected chi connectivity index (χ3v) is 3.61. The lowest BCUT2D eigenvalue weighted by molar-refractivity contribution is -0.121. The molecule has 2 rings (SSSR count). The fourth-order valence-electron chi connectivity index (χ4n) is 2.16. The second kappa shape index (κ2) is 7.85. The summed E-state index contributed by atoms with van der Waals surface area (Å²) < 4.78 is 26.3. The lowest BCUT2D eigenvalue weighted by Gasteiger charge is -2.24. The predicted molar refractivity (Wildman–Crippen MR) is 87.7 cm³/mol. The van der Waals surface area contributed by atoms with Crippen molar-refractivity contribution in [1.82, 2.24) is 10.6 Å². The summed E-state index contributed by atoms with van der Waals surface area (Å²) in [5.41, 5.74) is -0.998.